The van der Waals surface area contributed by atoms with E-state index in [1.807, 2.05) is 30.3 Å². The van der Waals surface area contributed by atoms with Gasteiger partial charge in [0.15, 0.2) is 21.3 Å². The molecule has 1 saturated carbocycles. The first-order valence-electron chi connectivity index (χ1n) is 9.10. The number of benzene rings is 1. The minimum Gasteiger partial charge on any atom is -0.355 e. The molecule has 2 fully saturated rings. The van der Waals surface area contributed by atoms with Gasteiger partial charge >= 0.3 is 0 Å². The molecule has 2 heterocycles. The molecule has 1 amide bonds. The Balaban J connectivity index is 1.40. The zero-order valence-electron chi connectivity index (χ0n) is 14.5. The number of hydrogen-bond acceptors (Lipinski definition) is 5. The summed E-state index contributed by atoms with van der Waals surface area (Å²) in [6, 6.07) is 11.0. The van der Waals surface area contributed by atoms with Gasteiger partial charge in [0.25, 0.3) is 5.91 Å². The topological polar surface area (TPSA) is 80.5 Å². The Kier molecular flexibility index (Phi) is 4.56. The number of hydrogen-bond donors (Lipinski definition) is 0. The van der Waals surface area contributed by atoms with Crippen LogP contribution in [0.15, 0.2) is 40.9 Å². The maximum Gasteiger partial charge on any atom is 0.276 e. The molecule has 0 N–H and O–H groups in total. The van der Waals surface area contributed by atoms with E-state index in [0.717, 1.165) is 37.7 Å². The van der Waals surface area contributed by atoms with Crippen LogP contribution in [0.2, 0.25) is 0 Å². The maximum absolute atomic E-state index is 12.7. The first-order valence-corrected chi connectivity index (χ1v) is 10.7. The Hall–Kier alpha value is -2.15. The number of carbonyl (C=O) groups excluding carboxylic acids is 1. The van der Waals surface area contributed by atoms with Crippen LogP contribution in [-0.4, -0.2) is 48.0 Å². The third-order valence-electron chi connectivity index (χ3n) is 5.40. The molecule has 7 heteroatoms. The van der Waals surface area contributed by atoms with Crippen LogP contribution in [0.5, 0.6) is 0 Å². The molecule has 0 radical (unpaired) electrons. The van der Waals surface area contributed by atoms with Crippen LogP contribution in [0.1, 0.15) is 42.6 Å². The molecule has 0 spiro atoms. The van der Waals surface area contributed by atoms with Gasteiger partial charge in [0.2, 0.25) is 0 Å². The fourth-order valence-electron chi connectivity index (χ4n) is 3.75. The van der Waals surface area contributed by atoms with E-state index in [-0.39, 0.29) is 29.9 Å². The number of likely N-dealkylation sites (tertiary alicyclic amines) is 1. The van der Waals surface area contributed by atoms with Gasteiger partial charge in [-0.2, -0.15) is 0 Å². The maximum atomic E-state index is 12.7. The molecule has 0 unspecified atom stereocenters. The Morgan fingerprint density at radius 1 is 1.04 bits per heavy atom. The van der Waals surface area contributed by atoms with Crippen molar-refractivity contribution in [3.8, 4) is 11.3 Å². The average molecular weight is 374 g/mol. The Bertz CT molecular complexity index is 879. The van der Waals surface area contributed by atoms with Gasteiger partial charge in [0.1, 0.15) is 0 Å². The highest BCUT2D eigenvalue weighted by molar-refractivity contribution is 7.92. The summed E-state index contributed by atoms with van der Waals surface area (Å²) in [5.74, 6) is 0.256. The summed E-state index contributed by atoms with van der Waals surface area (Å²) in [5.41, 5.74) is 1.07. The zero-order valence-corrected chi connectivity index (χ0v) is 15.3. The molecular weight excluding hydrogens is 352 g/mol. The van der Waals surface area contributed by atoms with Gasteiger partial charge in [-0.25, -0.2) is 8.42 Å². The van der Waals surface area contributed by atoms with E-state index in [1.54, 1.807) is 6.07 Å². The van der Waals surface area contributed by atoms with Crippen LogP contribution in [0.3, 0.4) is 0 Å². The SMILES string of the molecule is O=C(c1cc(-c2ccccc2)on1)N1CC(S(=O)(=O)C2CCCCC2)C1. The highest BCUT2D eigenvalue weighted by atomic mass is 32.2. The van der Waals surface area contributed by atoms with Crippen molar-refractivity contribution in [1.82, 2.24) is 10.1 Å². The molecule has 1 saturated heterocycles. The van der Waals surface area contributed by atoms with Crippen LogP contribution in [0, 0.1) is 0 Å². The van der Waals surface area contributed by atoms with E-state index in [9.17, 15) is 13.2 Å². The third kappa shape index (κ3) is 3.16. The molecule has 0 bridgehead atoms. The largest absolute Gasteiger partial charge is 0.355 e. The van der Waals surface area contributed by atoms with E-state index >= 15 is 0 Å². The fraction of sp³-hybridized carbons (Fsp3) is 0.474. The highest BCUT2D eigenvalue weighted by Crippen LogP contribution is 2.30. The Morgan fingerprint density at radius 2 is 1.73 bits per heavy atom. The summed E-state index contributed by atoms with van der Waals surface area (Å²) < 4.78 is 30.6. The number of carbonyl (C=O) groups is 1. The van der Waals surface area contributed by atoms with Crippen LogP contribution in [0.25, 0.3) is 11.3 Å². The highest BCUT2D eigenvalue weighted by Gasteiger charge is 2.44. The summed E-state index contributed by atoms with van der Waals surface area (Å²) in [5, 5.41) is 3.20. The predicted molar refractivity (Wildman–Crippen MR) is 97.4 cm³/mol. The van der Waals surface area contributed by atoms with Crippen molar-refractivity contribution in [1.29, 1.82) is 0 Å². The fourth-order valence-corrected chi connectivity index (χ4v) is 6.06. The standard InChI is InChI=1S/C19H22N2O4S/c22-19(17-11-18(25-20-17)14-7-3-1-4-8-14)21-12-16(13-21)26(23,24)15-9-5-2-6-10-15/h1,3-4,7-8,11,15-16H,2,5-6,9-10,12-13H2. The normalized spacial score (nSPS) is 19.3. The zero-order chi connectivity index (χ0) is 18.1. The molecule has 2 aromatic rings. The van der Waals surface area contributed by atoms with E-state index in [4.69, 9.17) is 4.52 Å². The minimum absolute atomic E-state index is 0.220. The molecular formula is C19H22N2O4S. The van der Waals surface area contributed by atoms with Crippen molar-refractivity contribution >= 4 is 15.7 Å². The van der Waals surface area contributed by atoms with Crippen molar-refractivity contribution in [2.45, 2.75) is 42.6 Å². The second-order valence-electron chi connectivity index (χ2n) is 7.12. The first kappa shape index (κ1) is 17.3. The van der Waals surface area contributed by atoms with E-state index in [1.165, 1.54) is 4.90 Å². The summed E-state index contributed by atoms with van der Waals surface area (Å²) in [4.78, 5) is 14.1. The molecule has 4 rings (SSSR count). The van der Waals surface area contributed by atoms with Gasteiger partial charge < -0.3 is 9.42 Å². The summed E-state index contributed by atoms with van der Waals surface area (Å²) in [7, 11) is -3.15. The van der Waals surface area contributed by atoms with E-state index < -0.39 is 15.1 Å². The number of sulfone groups is 1. The van der Waals surface area contributed by atoms with Gasteiger partial charge in [-0.05, 0) is 12.8 Å². The lowest BCUT2D eigenvalue weighted by atomic mass is 10.0. The molecule has 2 aliphatic rings. The predicted octanol–water partition coefficient (Wildman–Crippen LogP) is 2.91. The quantitative estimate of drug-likeness (QED) is 0.822. The van der Waals surface area contributed by atoms with Crippen molar-refractivity contribution in [2.24, 2.45) is 0 Å². The molecule has 0 atom stereocenters. The van der Waals surface area contributed by atoms with Crippen molar-refractivity contribution < 1.29 is 17.7 Å². The van der Waals surface area contributed by atoms with Gasteiger partial charge in [-0.1, -0.05) is 54.8 Å². The van der Waals surface area contributed by atoms with Crippen molar-refractivity contribution in [3.05, 3.63) is 42.1 Å². The third-order valence-corrected chi connectivity index (χ3v) is 8.03. The van der Waals surface area contributed by atoms with E-state index in [0.29, 0.717) is 5.76 Å². The molecule has 138 valence electrons. The number of rotatable bonds is 4. The lowest BCUT2D eigenvalue weighted by Gasteiger charge is -2.40. The van der Waals surface area contributed by atoms with Crippen LogP contribution in [-0.2, 0) is 9.84 Å². The van der Waals surface area contributed by atoms with Crippen LogP contribution < -0.4 is 0 Å². The van der Waals surface area contributed by atoms with Gasteiger partial charge in [-0.3, -0.25) is 4.79 Å². The van der Waals surface area contributed by atoms with Crippen LogP contribution in [0.4, 0.5) is 0 Å². The number of amides is 1. The lowest BCUT2D eigenvalue weighted by Crippen LogP contribution is -2.58. The monoisotopic (exact) mass is 374 g/mol. The van der Waals surface area contributed by atoms with Crippen molar-refractivity contribution in [3.63, 3.8) is 0 Å². The smallest absolute Gasteiger partial charge is 0.276 e. The average Bonchev–Trinajstić information content (AvgIpc) is 3.12. The number of nitrogens with zero attached hydrogens (tertiary/aromatic N) is 2. The molecule has 1 aliphatic heterocycles. The van der Waals surface area contributed by atoms with Crippen LogP contribution >= 0.6 is 0 Å². The summed E-state index contributed by atoms with van der Waals surface area (Å²) in [6.45, 7) is 0.510. The molecule has 1 aromatic heterocycles. The Morgan fingerprint density at radius 3 is 2.42 bits per heavy atom. The second kappa shape index (κ2) is 6.87. The van der Waals surface area contributed by atoms with Gasteiger partial charge in [-0.15, -0.1) is 0 Å². The summed E-state index contributed by atoms with van der Waals surface area (Å²) >= 11 is 0. The van der Waals surface area contributed by atoms with Gasteiger partial charge in [0, 0.05) is 24.7 Å². The number of aromatic nitrogens is 1. The van der Waals surface area contributed by atoms with Crippen molar-refractivity contribution in [2.75, 3.05) is 13.1 Å². The minimum atomic E-state index is -3.15. The van der Waals surface area contributed by atoms with Gasteiger partial charge in [0.05, 0.1) is 10.5 Å². The molecule has 6 nitrogen and oxygen atoms in total. The second-order valence-corrected chi connectivity index (χ2v) is 9.63. The lowest BCUT2D eigenvalue weighted by molar-refractivity contribution is 0.0647. The molecule has 26 heavy (non-hydrogen) atoms. The molecule has 1 aliphatic carbocycles. The summed E-state index contributed by atoms with van der Waals surface area (Å²) in [6.07, 6.45) is 4.62. The Labute approximate surface area is 153 Å². The molecule has 1 aromatic carbocycles. The first-order chi connectivity index (χ1) is 12.6. The van der Waals surface area contributed by atoms with E-state index in [2.05, 4.69) is 5.16 Å².